The Morgan fingerprint density at radius 3 is 2.95 bits per heavy atom. The summed E-state index contributed by atoms with van der Waals surface area (Å²) in [6.45, 7) is 4.23. The number of fused-ring (bicyclic) bond motifs is 1. The van der Waals surface area contributed by atoms with Crippen molar-refractivity contribution in [1.29, 1.82) is 0 Å². The largest absolute Gasteiger partial charge is 0.478 e. The van der Waals surface area contributed by atoms with Gasteiger partial charge in [-0.2, -0.15) is 0 Å². The number of carbonyl (C=O) groups is 1. The third-order valence-corrected chi connectivity index (χ3v) is 4.29. The number of likely N-dealkylation sites (tertiary alicyclic amines) is 1. The second-order valence-corrected chi connectivity index (χ2v) is 5.82. The smallest absolute Gasteiger partial charge is 0.335 e. The van der Waals surface area contributed by atoms with E-state index in [-0.39, 0.29) is 0 Å². The van der Waals surface area contributed by atoms with Crippen molar-refractivity contribution in [3.05, 3.63) is 29.6 Å². The first-order chi connectivity index (χ1) is 10.1. The summed E-state index contributed by atoms with van der Waals surface area (Å²) in [4.78, 5) is 18.2. The molecule has 2 heterocycles. The Hall–Kier alpha value is -1.88. The topological polar surface area (TPSA) is 58.4 Å². The molecule has 1 aromatic heterocycles. The van der Waals surface area contributed by atoms with Crippen molar-refractivity contribution in [2.75, 3.05) is 20.1 Å². The zero-order valence-corrected chi connectivity index (χ0v) is 12.5. The van der Waals surface area contributed by atoms with E-state index in [1.54, 1.807) is 12.1 Å². The molecule has 0 saturated carbocycles. The SMILES string of the molecule is CCc1nc2ccc(C(=O)O)cc2n1C1CCCN(C)C1. The lowest BCUT2D eigenvalue weighted by atomic mass is 10.1. The fourth-order valence-electron chi connectivity index (χ4n) is 3.28. The third kappa shape index (κ3) is 2.53. The number of imidazole rings is 1. The van der Waals surface area contributed by atoms with Gasteiger partial charge in [0.05, 0.1) is 16.6 Å². The van der Waals surface area contributed by atoms with Gasteiger partial charge in [0.1, 0.15) is 5.82 Å². The molecule has 1 aliphatic heterocycles. The molecule has 2 aromatic rings. The van der Waals surface area contributed by atoms with Crippen molar-refractivity contribution in [3.8, 4) is 0 Å². The summed E-state index contributed by atoms with van der Waals surface area (Å²) in [7, 11) is 2.14. The Balaban J connectivity index is 2.13. The maximum atomic E-state index is 11.2. The van der Waals surface area contributed by atoms with E-state index in [1.807, 2.05) is 6.07 Å². The van der Waals surface area contributed by atoms with Crippen LogP contribution in [0.4, 0.5) is 0 Å². The molecular formula is C16H21N3O2. The molecule has 1 atom stereocenters. The van der Waals surface area contributed by atoms with E-state index in [4.69, 9.17) is 0 Å². The van der Waals surface area contributed by atoms with Gasteiger partial charge in [0, 0.05) is 19.0 Å². The Morgan fingerprint density at radius 2 is 2.29 bits per heavy atom. The summed E-state index contributed by atoms with van der Waals surface area (Å²) in [5.74, 6) is 0.163. The number of hydrogen-bond acceptors (Lipinski definition) is 3. The average Bonchev–Trinajstić information content (AvgIpc) is 2.84. The molecule has 1 fully saturated rings. The van der Waals surface area contributed by atoms with Crippen molar-refractivity contribution in [3.63, 3.8) is 0 Å². The van der Waals surface area contributed by atoms with Gasteiger partial charge in [-0.3, -0.25) is 0 Å². The molecule has 3 rings (SSSR count). The summed E-state index contributed by atoms with van der Waals surface area (Å²) < 4.78 is 2.26. The van der Waals surface area contributed by atoms with Crippen molar-refractivity contribution >= 4 is 17.0 Å². The molecule has 1 aliphatic rings. The van der Waals surface area contributed by atoms with Crippen LogP contribution in [-0.2, 0) is 6.42 Å². The van der Waals surface area contributed by atoms with Crippen molar-refractivity contribution < 1.29 is 9.90 Å². The molecule has 5 heteroatoms. The van der Waals surface area contributed by atoms with E-state index in [0.29, 0.717) is 11.6 Å². The number of piperidine rings is 1. The first-order valence-corrected chi connectivity index (χ1v) is 7.53. The predicted molar refractivity (Wildman–Crippen MR) is 81.8 cm³/mol. The number of benzene rings is 1. The van der Waals surface area contributed by atoms with Crippen LogP contribution in [0.15, 0.2) is 18.2 Å². The van der Waals surface area contributed by atoms with E-state index in [9.17, 15) is 9.90 Å². The molecule has 5 nitrogen and oxygen atoms in total. The maximum absolute atomic E-state index is 11.2. The molecule has 1 unspecified atom stereocenters. The Bertz CT molecular complexity index is 677. The fourth-order valence-corrected chi connectivity index (χ4v) is 3.28. The van der Waals surface area contributed by atoms with Crippen LogP contribution >= 0.6 is 0 Å². The lowest BCUT2D eigenvalue weighted by Crippen LogP contribution is -2.34. The van der Waals surface area contributed by atoms with Crippen LogP contribution in [0.3, 0.4) is 0 Å². The van der Waals surface area contributed by atoms with Gasteiger partial charge < -0.3 is 14.6 Å². The van der Waals surface area contributed by atoms with Gasteiger partial charge in [0.15, 0.2) is 0 Å². The van der Waals surface area contributed by atoms with Gasteiger partial charge in [-0.25, -0.2) is 9.78 Å². The molecule has 0 radical (unpaired) electrons. The number of likely N-dealkylation sites (N-methyl/N-ethyl adjacent to an activating group) is 1. The number of nitrogens with zero attached hydrogens (tertiary/aromatic N) is 3. The van der Waals surface area contributed by atoms with Gasteiger partial charge in [0.2, 0.25) is 0 Å². The standard InChI is InChI=1S/C16H21N3O2/c1-3-15-17-13-7-6-11(16(20)21)9-14(13)19(15)12-5-4-8-18(2)10-12/h6-7,9,12H,3-5,8,10H2,1-2H3,(H,20,21). The van der Waals surface area contributed by atoms with E-state index >= 15 is 0 Å². The Labute approximate surface area is 124 Å². The molecule has 1 saturated heterocycles. The molecule has 1 N–H and O–H groups in total. The molecule has 1 aromatic carbocycles. The highest BCUT2D eigenvalue weighted by atomic mass is 16.4. The van der Waals surface area contributed by atoms with Crippen molar-refractivity contribution in [2.24, 2.45) is 0 Å². The lowest BCUT2D eigenvalue weighted by Gasteiger charge is -2.31. The summed E-state index contributed by atoms with van der Waals surface area (Å²) in [6, 6.07) is 5.60. The number of carboxylic acids is 1. The molecule has 0 bridgehead atoms. The monoisotopic (exact) mass is 287 g/mol. The number of aryl methyl sites for hydroxylation is 1. The van der Waals surface area contributed by atoms with Gasteiger partial charge >= 0.3 is 5.97 Å². The number of aromatic nitrogens is 2. The fraction of sp³-hybridized carbons (Fsp3) is 0.500. The van der Waals surface area contributed by atoms with E-state index in [2.05, 4.69) is 28.4 Å². The minimum atomic E-state index is -0.886. The first-order valence-electron chi connectivity index (χ1n) is 7.53. The van der Waals surface area contributed by atoms with E-state index in [1.165, 1.54) is 6.42 Å². The highest BCUT2D eigenvalue weighted by Gasteiger charge is 2.23. The zero-order valence-electron chi connectivity index (χ0n) is 12.5. The van der Waals surface area contributed by atoms with Crippen molar-refractivity contribution in [2.45, 2.75) is 32.2 Å². The molecule has 0 spiro atoms. The minimum Gasteiger partial charge on any atom is -0.478 e. The van der Waals surface area contributed by atoms with Crippen LogP contribution in [0.25, 0.3) is 11.0 Å². The van der Waals surface area contributed by atoms with E-state index < -0.39 is 5.97 Å². The maximum Gasteiger partial charge on any atom is 0.335 e. The number of rotatable bonds is 3. The average molecular weight is 287 g/mol. The molecular weight excluding hydrogens is 266 g/mol. The van der Waals surface area contributed by atoms with Gasteiger partial charge in [-0.15, -0.1) is 0 Å². The predicted octanol–water partition coefficient (Wildman–Crippen LogP) is 2.56. The lowest BCUT2D eigenvalue weighted by molar-refractivity contribution is 0.0697. The Morgan fingerprint density at radius 1 is 1.48 bits per heavy atom. The number of aromatic carboxylic acids is 1. The summed E-state index contributed by atoms with van der Waals surface area (Å²) in [5.41, 5.74) is 2.17. The second kappa shape index (κ2) is 5.48. The summed E-state index contributed by atoms with van der Waals surface area (Å²) >= 11 is 0. The van der Waals surface area contributed by atoms with Crippen molar-refractivity contribution in [1.82, 2.24) is 14.5 Å². The number of hydrogen-bond donors (Lipinski definition) is 1. The second-order valence-electron chi connectivity index (χ2n) is 5.82. The van der Waals surface area contributed by atoms with E-state index in [0.717, 1.165) is 42.8 Å². The summed E-state index contributed by atoms with van der Waals surface area (Å²) in [5, 5.41) is 9.21. The van der Waals surface area contributed by atoms with Gasteiger partial charge in [-0.1, -0.05) is 6.92 Å². The zero-order chi connectivity index (χ0) is 15.0. The Kier molecular flexibility index (Phi) is 3.68. The molecule has 0 amide bonds. The first kappa shape index (κ1) is 14.1. The van der Waals surface area contributed by atoms with Crippen LogP contribution in [-0.4, -0.2) is 45.7 Å². The van der Waals surface area contributed by atoms with Crippen LogP contribution < -0.4 is 0 Å². The molecule has 112 valence electrons. The highest BCUT2D eigenvalue weighted by molar-refractivity contribution is 5.92. The number of carboxylic acid groups (broad SMARTS) is 1. The quantitative estimate of drug-likeness (QED) is 0.942. The minimum absolute atomic E-state index is 0.329. The summed E-state index contributed by atoms with van der Waals surface area (Å²) in [6.07, 6.45) is 3.15. The normalized spacial score (nSPS) is 20.0. The third-order valence-electron chi connectivity index (χ3n) is 4.29. The van der Waals surface area contributed by atoms with Crippen LogP contribution in [0, 0.1) is 0 Å². The van der Waals surface area contributed by atoms with Gasteiger partial charge in [-0.05, 0) is 44.6 Å². The van der Waals surface area contributed by atoms with Crippen LogP contribution in [0.5, 0.6) is 0 Å². The molecule has 0 aliphatic carbocycles. The molecule has 21 heavy (non-hydrogen) atoms. The van der Waals surface area contributed by atoms with Gasteiger partial charge in [0.25, 0.3) is 0 Å². The van der Waals surface area contributed by atoms with Crippen LogP contribution in [0.1, 0.15) is 42.0 Å². The highest BCUT2D eigenvalue weighted by Crippen LogP contribution is 2.28. The van der Waals surface area contributed by atoms with Crippen LogP contribution in [0.2, 0.25) is 0 Å².